The van der Waals surface area contributed by atoms with Crippen molar-refractivity contribution in [2.75, 3.05) is 46.4 Å². The van der Waals surface area contributed by atoms with Crippen molar-refractivity contribution < 1.29 is 34.4 Å². The van der Waals surface area contributed by atoms with Gasteiger partial charge in [0.15, 0.2) is 11.5 Å². The first-order valence-corrected chi connectivity index (χ1v) is 11.1. The summed E-state index contributed by atoms with van der Waals surface area (Å²) in [5.41, 5.74) is 1.27. The number of benzene rings is 1. The van der Waals surface area contributed by atoms with Crippen molar-refractivity contribution in [1.82, 2.24) is 9.80 Å². The van der Waals surface area contributed by atoms with Gasteiger partial charge >= 0.3 is 0 Å². The summed E-state index contributed by atoms with van der Waals surface area (Å²) in [6, 6.07) is 6.34. The van der Waals surface area contributed by atoms with Gasteiger partial charge in [-0.3, -0.25) is 19.4 Å². The molecule has 0 bridgehead atoms. The smallest absolute Gasteiger partial charge is 0.290 e. The topological polar surface area (TPSA) is 120 Å². The number of hydrogen-bond acceptors (Lipinski definition) is 7. The van der Waals surface area contributed by atoms with Crippen LogP contribution in [-0.2, 0) is 16.1 Å². The minimum Gasteiger partial charge on any atom is -0.493 e. The molecule has 1 aromatic rings. The molecule has 0 radical (unpaired) electrons. The van der Waals surface area contributed by atoms with Crippen LogP contribution in [0.3, 0.4) is 0 Å². The van der Waals surface area contributed by atoms with Gasteiger partial charge in [0, 0.05) is 26.2 Å². The zero-order chi connectivity index (χ0) is 23.3. The summed E-state index contributed by atoms with van der Waals surface area (Å²) in [7, 11) is 1.72. The van der Waals surface area contributed by atoms with Crippen molar-refractivity contribution in [3.63, 3.8) is 0 Å². The van der Waals surface area contributed by atoms with Crippen LogP contribution in [0.1, 0.15) is 31.2 Å². The lowest BCUT2D eigenvalue weighted by molar-refractivity contribution is -0.123. The molecular weight excluding hydrogens is 416 g/mol. The van der Waals surface area contributed by atoms with Crippen LogP contribution in [0.5, 0.6) is 11.5 Å². The maximum absolute atomic E-state index is 9.80. The Morgan fingerprint density at radius 3 is 2.16 bits per heavy atom. The normalized spacial score (nSPS) is 24.5. The molecule has 1 saturated carbocycles. The van der Waals surface area contributed by atoms with Gasteiger partial charge in [0.2, 0.25) is 0 Å². The van der Waals surface area contributed by atoms with E-state index < -0.39 is 0 Å². The Morgan fingerprint density at radius 1 is 1.00 bits per heavy atom. The lowest BCUT2D eigenvalue weighted by Gasteiger charge is -2.19. The summed E-state index contributed by atoms with van der Waals surface area (Å²) >= 11 is 0. The number of carbonyl (C=O) groups is 2. The van der Waals surface area contributed by atoms with Gasteiger partial charge in [-0.05, 0) is 68.3 Å². The monoisotopic (exact) mass is 452 g/mol. The molecule has 3 fully saturated rings. The Hall–Kier alpha value is -2.36. The molecule has 1 unspecified atom stereocenters. The molecule has 2 saturated heterocycles. The molecule has 9 heteroatoms. The molecule has 0 aromatic heterocycles. The van der Waals surface area contributed by atoms with Gasteiger partial charge in [-0.2, -0.15) is 0 Å². The Morgan fingerprint density at radius 2 is 1.59 bits per heavy atom. The molecule has 32 heavy (non-hydrogen) atoms. The fourth-order valence-corrected chi connectivity index (χ4v) is 4.97. The average Bonchev–Trinajstić information content (AvgIpc) is 3.47. The minimum atomic E-state index is -0.250. The first-order chi connectivity index (χ1) is 15.5. The molecule has 9 nitrogen and oxygen atoms in total. The summed E-state index contributed by atoms with van der Waals surface area (Å²) in [6.45, 7) is 6.78. The summed E-state index contributed by atoms with van der Waals surface area (Å²) in [5.74, 6) is 3.04. The molecular formula is C23H36N2O7. The molecule has 4 rings (SSSR count). The van der Waals surface area contributed by atoms with Crippen LogP contribution < -0.4 is 9.47 Å². The number of carboxylic acid groups (broad SMARTS) is 2. The molecule has 2 heterocycles. The van der Waals surface area contributed by atoms with E-state index in [9.17, 15) is 5.11 Å². The Kier molecular flexibility index (Phi) is 11.3. The van der Waals surface area contributed by atoms with E-state index in [1.807, 2.05) is 0 Å². The summed E-state index contributed by atoms with van der Waals surface area (Å²) < 4.78 is 11.6. The fourth-order valence-electron chi connectivity index (χ4n) is 4.97. The summed E-state index contributed by atoms with van der Waals surface area (Å²) in [4.78, 5) is 21.7. The Bertz CT molecular complexity index is 677. The van der Waals surface area contributed by atoms with Crippen molar-refractivity contribution in [1.29, 1.82) is 0 Å². The van der Waals surface area contributed by atoms with Crippen LogP contribution >= 0.6 is 0 Å². The predicted molar refractivity (Wildman–Crippen MR) is 119 cm³/mol. The van der Waals surface area contributed by atoms with E-state index in [4.69, 9.17) is 29.3 Å². The van der Waals surface area contributed by atoms with Crippen LogP contribution in [-0.4, -0.2) is 90.6 Å². The number of fused-ring (bicyclic) bond motifs is 1. The van der Waals surface area contributed by atoms with Crippen LogP contribution in [0.25, 0.3) is 0 Å². The molecule has 1 aliphatic carbocycles. The van der Waals surface area contributed by atoms with Crippen molar-refractivity contribution in [2.45, 2.75) is 38.3 Å². The van der Waals surface area contributed by atoms with E-state index in [1.165, 1.54) is 31.5 Å². The zero-order valence-electron chi connectivity index (χ0n) is 18.8. The van der Waals surface area contributed by atoms with Gasteiger partial charge in [0.25, 0.3) is 12.9 Å². The van der Waals surface area contributed by atoms with E-state index in [2.05, 4.69) is 28.0 Å². The molecule has 2 aliphatic heterocycles. The van der Waals surface area contributed by atoms with E-state index in [-0.39, 0.29) is 19.0 Å². The highest BCUT2D eigenvalue weighted by molar-refractivity contribution is 5.43. The van der Waals surface area contributed by atoms with Gasteiger partial charge in [0.1, 0.15) is 6.61 Å². The second-order valence-electron chi connectivity index (χ2n) is 8.43. The van der Waals surface area contributed by atoms with Gasteiger partial charge in [-0.15, -0.1) is 0 Å². The number of likely N-dealkylation sites (tertiary alicyclic amines) is 2. The number of ether oxygens (including phenoxy) is 2. The number of hydrogen-bond donors (Lipinski definition) is 3. The largest absolute Gasteiger partial charge is 0.493 e. The van der Waals surface area contributed by atoms with Crippen molar-refractivity contribution in [2.24, 2.45) is 11.8 Å². The minimum absolute atomic E-state index is 0.0655. The SMILES string of the molecule is COc1cc(CN2C[C@H]3CC(O)C[C@H]3C2)ccc1OCCN1CCCC1.O=CO.O=CO. The van der Waals surface area contributed by atoms with Gasteiger partial charge in [-0.1, -0.05) is 6.07 Å². The van der Waals surface area contributed by atoms with Crippen molar-refractivity contribution in [3.05, 3.63) is 23.8 Å². The molecule has 3 aliphatic rings. The fraction of sp³-hybridized carbons (Fsp3) is 0.652. The summed E-state index contributed by atoms with van der Waals surface area (Å²) in [6.07, 6.45) is 4.52. The highest BCUT2D eigenvalue weighted by Crippen LogP contribution is 2.39. The number of rotatable bonds is 7. The predicted octanol–water partition coefficient (Wildman–Crippen LogP) is 1.77. The van der Waals surface area contributed by atoms with Crippen molar-refractivity contribution >= 4 is 12.9 Å². The van der Waals surface area contributed by atoms with Crippen LogP contribution in [0.4, 0.5) is 0 Å². The highest BCUT2D eigenvalue weighted by atomic mass is 16.5. The zero-order valence-corrected chi connectivity index (χ0v) is 18.8. The number of methoxy groups -OCH3 is 1. The standard InChI is InChI=1S/C21H32N2O3.2CH2O2/c1-25-21-10-16(13-23-14-17-11-19(24)12-18(17)15-23)4-5-20(21)26-9-8-22-6-2-3-7-22;2*2-1-3/h4-5,10,17-19,24H,2-3,6-9,11-15H2,1H3;2*1H,(H,2,3)/t17-,18+,19?;;. The summed E-state index contributed by atoms with van der Waals surface area (Å²) in [5, 5.41) is 23.6. The lowest BCUT2D eigenvalue weighted by Crippen LogP contribution is -2.25. The van der Waals surface area contributed by atoms with Gasteiger partial charge in [-0.25, -0.2) is 0 Å². The number of nitrogens with zero attached hydrogens (tertiary/aromatic N) is 2. The molecule has 3 N–H and O–H groups in total. The first kappa shape index (κ1) is 25.9. The Balaban J connectivity index is 0.000000547. The lowest BCUT2D eigenvalue weighted by atomic mass is 10.0. The molecule has 0 amide bonds. The third kappa shape index (κ3) is 7.96. The van der Waals surface area contributed by atoms with E-state index in [0.717, 1.165) is 50.5 Å². The molecule has 1 aromatic carbocycles. The third-order valence-electron chi connectivity index (χ3n) is 6.30. The van der Waals surface area contributed by atoms with Crippen LogP contribution in [0.15, 0.2) is 18.2 Å². The second-order valence-corrected chi connectivity index (χ2v) is 8.43. The molecule has 0 spiro atoms. The third-order valence-corrected chi connectivity index (χ3v) is 6.30. The van der Waals surface area contributed by atoms with Crippen LogP contribution in [0, 0.1) is 11.8 Å². The molecule has 180 valence electrons. The maximum Gasteiger partial charge on any atom is 0.290 e. The van der Waals surface area contributed by atoms with Crippen LogP contribution in [0.2, 0.25) is 0 Å². The number of aliphatic hydroxyl groups excluding tert-OH is 1. The van der Waals surface area contributed by atoms with E-state index in [0.29, 0.717) is 18.4 Å². The van der Waals surface area contributed by atoms with Gasteiger partial charge in [0.05, 0.1) is 13.2 Å². The van der Waals surface area contributed by atoms with Gasteiger partial charge < -0.3 is 24.8 Å². The van der Waals surface area contributed by atoms with E-state index in [1.54, 1.807) is 7.11 Å². The molecule has 3 atom stereocenters. The average molecular weight is 453 g/mol. The quantitative estimate of drug-likeness (QED) is 0.532. The van der Waals surface area contributed by atoms with E-state index >= 15 is 0 Å². The number of aliphatic hydroxyl groups is 1. The van der Waals surface area contributed by atoms with Crippen molar-refractivity contribution in [3.8, 4) is 11.5 Å². The Labute approximate surface area is 189 Å². The second kappa shape index (κ2) is 13.9. The first-order valence-electron chi connectivity index (χ1n) is 11.1. The maximum atomic E-state index is 9.80. The highest BCUT2D eigenvalue weighted by Gasteiger charge is 2.39.